The van der Waals surface area contributed by atoms with Crippen LogP contribution in [0.15, 0.2) is 28.7 Å². The number of aliphatic hydroxyl groups is 1. The average molecular weight is 317 g/mol. The van der Waals surface area contributed by atoms with Crippen molar-refractivity contribution in [3.8, 4) is 0 Å². The number of anilines is 1. The van der Waals surface area contributed by atoms with Crippen molar-refractivity contribution in [3.63, 3.8) is 0 Å². The summed E-state index contributed by atoms with van der Waals surface area (Å²) in [5.41, 5.74) is 0.738. The molecule has 0 saturated carbocycles. The van der Waals surface area contributed by atoms with Crippen molar-refractivity contribution in [3.05, 3.63) is 28.7 Å². The minimum Gasteiger partial charge on any atom is -0.389 e. The summed E-state index contributed by atoms with van der Waals surface area (Å²) in [5, 5.41) is 14.9. The Hall–Kier alpha value is -0.950. The van der Waals surface area contributed by atoms with Crippen molar-refractivity contribution >= 4 is 27.5 Å². The predicted molar refractivity (Wildman–Crippen MR) is 73.5 cm³/mol. The van der Waals surface area contributed by atoms with Crippen molar-refractivity contribution in [1.29, 1.82) is 0 Å². The van der Waals surface area contributed by atoms with Crippen LogP contribution in [-0.2, 0) is 9.53 Å². The summed E-state index contributed by atoms with van der Waals surface area (Å²) in [4.78, 5) is 11.5. The van der Waals surface area contributed by atoms with Gasteiger partial charge in [-0.05, 0) is 24.3 Å². The predicted octanol–water partition coefficient (Wildman–Crippen LogP) is 0.984. The molecule has 100 valence electrons. The number of amides is 1. The molecule has 0 heterocycles. The van der Waals surface area contributed by atoms with E-state index in [0.717, 1.165) is 10.2 Å². The van der Waals surface area contributed by atoms with E-state index in [1.54, 1.807) is 0 Å². The molecule has 0 aliphatic carbocycles. The molecule has 1 atom stereocenters. The summed E-state index contributed by atoms with van der Waals surface area (Å²) in [5.74, 6) is -0.151. The van der Waals surface area contributed by atoms with Crippen LogP contribution in [0.5, 0.6) is 0 Å². The van der Waals surface area contributed by atoms with Gasteiger partial charge in [0.2, 0.25) is 5.91 Å². The van der Waals surface area contributed by atoms with Gasteiger partial charge in [-0.3, -0.25) is 4.79 Å². The number of carbonyl (C=O) groups is 1. The van der Waals surface area contributed by atoms with Crippen molar-refractivity contribution < 1.29 is 14.6 Å². The van der Waals surface area contributed by atoms with Crippen LogP contribution in [-0.4, -0.2) is 43.9 Å². The molecule has 0 saturated heterocycles. The monoisotopic (exact) mass is 316 g/mol. The highest BCUT2D eigenvalue weighted by Gasteiger charge is 2.05. The lowest BCUT2D eigenvalue weighted by Gasteiger charge is -2.10. The van der Waals surface area contributed by atoms with Gasteiger partial charge in [0.15, 0.2) is 0 Å². The lowest BCUT2D eigenvalue weighted by Crippen LogP contribution is -2.35. The van der Waals surface area contributed by atoms with Crippen molar-refractivity contribution in [1.82, 2.24) is 5.32 Å². The Kier molecular flexibility index (Phi) is 6.89. The standard InChI is InChI=1S/C12H17BrN2O3/c1-18-8-11(16)6-14-7-12(17)15-10-4-2-9(13)3-5-10/h2-5,11,14,16H,6-8H2,1H3,(H,15,17). The van der Waals surface area contributed by atoms with Crippen LogP contribution < -0.4 is 10.6 Å². The molecule has 1 unspecified atom stereocenters. The second-order valence-corrected chi connectivity index (χ2v) is 4.71. The summed E-state index contributed by atoms with van der Waals surface area (Å²) in [7, 11) is 1.52. The molecule has 1 rings (SSSR count). The highest BCUT2D eigenvalue weighted by atomic mass is 79.9. The second kappa shape index (κ2) is 8.20. The smallest absolute Gasteiger partial charge is 0.238 e. The molecule has 0 aromatic heterocycles. The Morgan fingerprint density at radius 2 is 2.11 bits per heavy atom. The van der Waals surface area contributed by atoms with Crippen LogP contribution in [0.2, 0.25) is 0 Å². The first-order chi connectivity index (χ1) is 8.61. The number of methoxy groups -OCH3 is 1. The van der Waals surface area contributed by atoms with Gasteiger partial charge in [0, 0.05) is 23.8 Å². The minimum atomic E-state index is -0.601. The highest BCUT2D eigenvalue weighted by molar-refractivity contribution is 9.10. The molecule has 5 nitrogen and oxygen atoms in total. The Balaban J connectivity index is 2.23. The molecule has 0 spiro atoms. The van der Waals surface area contributed by atoms with Crippen molar-refractivity contribution in [2.75, 3.05) is 32.1 Å². The van der Waals surface area contributed by atoms with Gasteiger partial charge in [-0.15, -0.1) is 0 Å². The third-order valence-electron chi connectivity index (χ3n) is 2.15. The highest BCUT2D eigenvalue weighted by Crippen LogP contribution is 2.13. The third-order valence-corrected chi connectivity index (χ3v) is 2.68. The zero-order valence-electron chi connectivity index (χ0n) is 10.1. The van der Waals surface area contributed by atoms with Crippen LogP contribution in [0.4, 0.5) is 5.69 Å². The van der Waals surface area contributed by atoms with Gasteiger partial charge in [0.25, 0.3) is 0 Å². The van der Waals surface area contributed by atoms with Crippen LogP contribution in [0, 0.1) is 0 Å². The van der Waals surface area contributed by atoms with Crippen LogP contribution in [0.25, 0.3) is 0 Å². The number of ether oxygens (including phenoxy) is 1. The number of hydrogen-bond acceptors (Lipinski definition) is 4. The molecule has 0 aliphatic rings. The van der Waals surface area contributed by atoms with Crippen molar-refractivity contribution in [2.45, 2.75) is 6.10 Å². The maximum absolute atomic E-state index is 11.5. The van der Waals surface area contributed by atoms with E-state index in [9.17, 15) is 9.90 Å². The van der Waals surface area contributed by atoms with Gasteiger partial charge in [0.05, 0.1) is 19.3 Å². The fourth-order valence-electron chi connectivity index (χ4n) is 1.34. The molecule has 1 aromatic rings. The average Bonchev–Trinajstić information content (AvgIpc) is 2.32. The number of nitrogens with one attached hydrogen (secondary N) is 2. The third kappa shape index (κ3) is 6.11. The zero-order valence-corrected chi connectivity index (χ0v) is 11.7. The van der Waals surface area contributed by atoms with Gasteiger partial charge in [-0.25, -0.2) is 0 Å². The molecule has 6 heteroatoms. The van der Waals surface area contributed by atoms with Crippen LogP contribution in [0.3, 0.4) is 0 Å². The van der Waals surface area contributed by atoms with E-state index in [0.29, 0.717) is 6.54 Å². The fraction of sp³-hybridized carbons (Fsp3) is 0.417. The summed E-state index contributed by atoms with van der Waals surface area (Å²) < 4.78 is 5.73. The first-order valence-corrected chi connectivity index (χ1v) is 6.34. The van der Waals surface area contributed by atoms with E-state index in [-0.39, 0.29) is 19.1 Å². The summed E-state index contributed by atoms with van der Waals surface area (Å²) in [6.07, 6.45) is -0.601. The minimum absolute atomic E-state index is 0.150. The fourth-order valence-corrected chi connectivity index (χ4v) is 1.61. The Labute approximate surface area is 115 Å². The Bertz CT molecular complexity index is 370. The zero-order chi connectivity index (χ0) is 13.4. The molecular formula is C12H17BrN2O3. The topological polar surface area (TPSA) is 70.6 Å². The molecule has 0 fully saturated rings. The van der Waals surface area contributed by atoms with Crippen LogP contribution >= 0.6 is 15.9 Å². The Morgan fingerprint density at radius 3 is 2.72 bits per heavy atom. The molecule has 0 bridgehead atoms. The van der Waals surface area contributed by atoms with Gasteiger partial charge >= 0.3 is 0 Å². The number of halogens is 1. The van der Waals surface area contributed by atoms with E-state index in [1.165, 1.54) is 7.11 Å². The van der Waals surface area contributed by atoms with E-state index in [4.69, 9.17) is 4.74 Å². The van der Waals surface area contributed by atoms with Crippen molar-refractivity contribution in [2.24, 2.45) is 0 Å². The second-order valence-electron chi connectivity index (χ2n) is 3.80. The first kappa shape index (κ1) is 15.1. The molecular weight excluding hydrogens is 300 g/mol. The SMILES string of the molecule is COCC(O)CNCC(=O)Nc1ccc(Br)cc1. The molecule has 1 aromatic carbocycles. The van der Waals surface area contributed by atoms with Gasteiger partial charge in [0.1, 0.15) is 0 Å². The van der Waals surface area contributed by atoms with E-state index < -0.39 is 6.10 Å². The number of aliphatic hydroxyl groups excluding tert-OH is 1. The molecule has 1 amide bonds. The molecule has 0 radical (unpaired) electrons. The normalized spacial score (nSPS) is 12.2. The summed E-state index contributed by atoms with van der Waals surface area (Å²) >= 11 is 3.32. The van der Waals surface area contributed by atoms with Crippen LogP contribution in [0.1, 0.15) is 0 Å². The van der Waals surface area contributed by atoms with E-state index >= 15 is 0 Å². The maximum atomic E-state index is 11.5. The van der Waals surface area contributed by atoms with Gasteiger partial charge in [-0.1, -0.05) is 15.9 Å². The first-order valence-electron chi connectivity index (χ1n) is 5.55. The number of carbonyl (C=O) groups excluding carboxylic acids is 1. The largest absolute Gasteiger partial charge is 0.389 e. The number of hydrogen-bond donors (Lipinski definition) is 3. The lowest BCUT2D eigenvalue weighted by atomic mass is 10.3. The quantitative estimate of drug-likeness (QED) is 0.701. The maximum Gasteiger partial charge on any atom is 0.238 e. The number of rotatable bonds is 7. The van der Waals surface area contributed by atoms with Gasteiger partial charge < -0.3 is 20.5 Å². The molecule has 18 heavy (non-hydrogen) atoms. The van der Waals surface area contributed by atoms with Gasteiger partial charge in [-0.2, -0.15) is 0 Å². The summed E-state index contributed by atoms with van der Waals surface area (Å²) in [6.45, 7) is 0.722. The lowest BCUT2D eigenvalue weighted by molar-refractivity contribution is -0.115. The Morgan fingerprint density at radius 1 is 1.44 bits per heavy atom. The number of benzene rings is 1. The molecule has 3 N–H and O–H groups in total. The summed E-state index contributed by atoms with van der Waals surface area (Å²) in [6, 6.07) is 7.32. The molecule has 0 aliphatic heterocycles. The van der Waals surface area contributed by atoms with E-state index in [1.807, 2.05) is 24.3 Å². The van der Waals surface area contributed by atoms with E-state index in [2.05, 4.69) is 26.6 Å².